The van der Waals surface area contributed by atoms with Gasteiger partial charge in [0, 0.05) is 31.4 Å². The molecule has 1 unspecified atom stereocenters. The number of fused-ring (bicyclic) bond motifs is 1. The van der Waals surface area contributed by atoms with Crippen LogP contribution in [0.4, 0.5) is 5.69 Å². The lowest BCUT2D eigenvalue weighted by atomic mass is 10.1. The summed E-state index contributed by atoms with van der Waals surface area (Å²) in [5, 5.41) is 0. The van der Waals surface area contributed by atoms with E-state index in [1.807, 2.05) is 0 Å². The maximum absolute atomic E-state index is 5.58. The van der Waals surface area contributed by atoms with Crippen LogP contribution in [0.5, 0.6) is 0 Å². The number of benzene rings is 1. The van der Waals surface area contributed by atoms with Crippen LogP contribution in [-0.4, -0.2) is 43.7 Å². The van der Waals surface area contributed by atoms with E-state index in [0.29, 0.717) is 0 Å². The molecule has 0 saturated carbocycles. The van der Waals surface area contributed by atoms with Crippen LogP contribution in [0.1, 0.15) is 18.4 Å². The summed E-state index contributed by atoms with van der Waals surface area (Å²) in [4.78, 5) is 5.19. The van der Waals surface area contributed by atoms with Crippen LogP contribution in [0.25, 0.3) is 0 Å². The standard InChI is InChI=1S/C15H23N3/c16-8-7-13-3-5-14(6-4-13)18-11-10-17-9-1-2-15(17)12-18/h3-6,15H,1-2,7-12,16H2. The molecule has 2 N–H and O–H groups in total. The summed E-state index contributed by atoms with van der Waals surface area (Å²) in [6.07, 6.45) is 3.74. The maximum Gasteiger partial charge on any atom is 0.0367 e. The van der Waals surface area contributed by atoms with Crippen molar-refractivity contribution in [3.63, 3.8) is 0 Å². The average Bonchev–Trinajstić information content (AvgIpc) is 2.87. The summed E-state index contributed by atoms with van der Waals surface area (Å²) in [6, 6.07) is 9.76. The Kier molecular flexibility index (Phi) is 3.52. The number of hydrogen-bond donors (Lipinski definition) is 1. The summed E-state index contributed by atoms with van der Waals surface area (Å²) in [6.45, 7) is 5.66. The van der Waals surface area contributed by atoms with Crippen molar-refractivity contribution in [3.8, 4) is 0 Å². The summed E-state index contributed by atoms with van der Waals surface area (Å²) in [7, 11) is 0. The molecule has 3 rings (SSSR count). The highest BCUT2D eigenvalue weighted by atomic mass is 15.3. The predicted octanol–water partition coefficient (Wildman–Crippen LogP) is 1.47. The number of nitrogens with two attached hydrogens (primary N) is 1. The second-order valence-corrected chi connectivity index (χ2v) is 5.48. The molecule has 1 atom stereocenters. The van der Waals surface area contributed by atoms with E-state index in [9.17, 15) is 0 Å². The highest BCUT2D eigenvalue weighted by molar-refractivity contribution is 5.48. The number of nitrogens with zero attached hydrogens (tertiary/aromatic N) is 2. The highest BCUT2D eigenvalue weighted by Gasteiger charge is 2.30. The van der Waals surface area contributed by atoms with E-state index in [2.05, 4.69) is 34.1 Å². The monoisotopic (exact) mass is 245 g/mol. The van der Waals surface area contributed by atoms with E-state index in [1.54, 1.807) is 0 Å². The van der Waals surface area contributed by atoms with Crippen LogP contribution in [0, 0.1) is 0 Å². The van der Waals surface area contributed by atoms with Gasteiger partial charge in [-0.3, -0.25) is 4.90 Å². The molecule has 0 aliphatic carbocycles. The zero-order valence-corrected chi connectivity index (χ0v) is 11.0. The number of anilines is 1. The Bertz CT molecular complexity index is 387. The van der Waals surface area contributed by atoms with E-state index in [4.69, 9.17) is 5.73 Å². The van der Waals surface area contributed by atoms with Gasteiger partial charge in [0.15, 0.2) is 0 Å². The molecule has 0 bridgehead atoms. The molecule has 2 heterocycles. The van der Waals surface area contributed by atoms with Crippen molar-refractivity contribution in [1.82, 2.24) is 4.90 Å². The highest BCUT2D eigenvalue weighted by Crippen LogP contribution is 2.25. The first kappa shape index (κ1) is 12.0. The van der Waals surface area contributed by atoms with Gasteiger partial charge in [0.1, 0.15) is 0 Å². The Balaban J connectivity index is 1.67. The molecule has 3 nitrogen and oxygen atoms in total. The van der Waals surface area contributed by atoms with Crippen molar-refractivity contribution in [3.05, 3.63) is 29.8 Å². The molecule has 0 aromatic heterocycles. The Morgan fingerprint density at radius 2 is 1.94 bits per heavy atom. The van der Waals surface area contributed by atoms with E-state index in [-0.39, 0.29) is 0 Å². The molecule has 2 fully saturated rings. The lowest BCUT2D eigenvalue weighted by Crippen LogP contribution is -2.50. The van der Waals surface area contributed by atoms with Crippen molar-refractivity contribution in [1.29, 1.82) is 0 Å². The quantitative estimate of drug-likeness (QED) is 0.875. The van der Waals surface area contributed by atoms with Crippen molar-refractivity contribution in [2.24, 2.45) is 5.73 Å². The number of hydrogen-bond acceptors (Lipinski definition) is 3. The third-order valence-corrected chi connectivity index (χ3v) is 4.32. The molecule has 18 heavy (non-hydrogen) atoms. The summed E-state index contributed by atoms with van der Waals surface area (Å²) in [5.41, 5.74) is 8.31. The number of rotatable bonds is 3. The third kappa shape index (κ3) is 2.38. The van der Waals surface area contributed by atoms with Gasteiger partial charge in [0.2, 0.25) is 0 Å². The Morgan fingerprint density at radius 3 is 2.72 bits per heavy atom. The molecule has 0 amide bonds. The first-order valence-corrected chi connectivity index (χ1v) is 7.15. The van der Waals surface area contributed by atoms with Gasteiger partial charge in [0.25, 0.3) is 0 Å². The fourth-order valence-electron chi connectivity index (χ4n) is 3.27. The molecule has 1 aromatic rings. The van der Waals surface area contributed by atoms with Crippen molar-refractivity contribution < 1.29 is 0 Å². The van der Waals surface area contributed by atoms with Gasteiger partial charge in [-0.1, -0.05) is 12.1 Å². The van der Waals surface area contributed by atoms with Gasteiger partial charge < -0.3 is 10.6 Å². The first-order chi connectivity index (χ1) is 8.86. The smallest absolute Gasteiger partial charge is 0.0367 e. The molecule has 0 spiro atoms. The van der Waals surface area contributed by atoms with Gasteiger partial charge >= 0.3 is 0 Å². The molecule has 0 radical (unpaired) electrons. The molecular formula is C15H23N3. The van der Waals surface area contributed by atoms with Crippen molar-refractivity contribution in [2.45, 2.75) is 25.3 Å². The van der Waals surface area contributed by atoms with E-state index in [1.165, 1.54) is 50.3 Å². The van der Waals surface area contributed by atoms with Crippen LogP contribution in [-0.2, 0) is 6.42 Å². The minimum Gasteiger partial charge on any atom is -0.369 e. The van der Waals surface area contributed by atoms with E-state index < -0.39 is 0 Å². The largest absolute Gasteiger partial charge is 0.369 e. The molecule has 1 aromatic carbocycles. The Labute approximate surface area is 110 Å². The normalized spacial score (nSPS) is 24.3. The Morgan fingerprint density at radius 1 is 1.11 bits per heavy atom. The van der Waals surface area contributed by atoms with Gasteiger partial charge in [-0.15, -0.1) is 0 Å². The van der Waals surface area contributed by atoms with Crippen LogP contribution in [0.15, 0.2) is 24.3 Å². The average molecular weight is 245 g/mol. The zero-order chi connectivity index (χ0) is 12.4. The van der Waals surface area contributed by atoms with Crippen LogP contribution < -0.4 is 10.6 Å². The van der Waals surface area contributed by atoms with Gasteiger partial charge in [0.05, 0.1) is 0 Å². The van der Waals surface area contributed by atoms with Crippen LogP contribution in [0.2, 0.25) is 0 Å². The second-order valence-electron chi connectivity index (χ2n) is 5.48. The summed E-state index contributed by atoms with van der Waals surface area (Å²) < 4.78 is 0. The first-order valence-electron chi connectivity index (χ1n) is 7.15. The van der Waals surface area contributed by atoms with Gasteiger partial charge in [-0.25, -0.2) is 0 Å². The number of piperazine rings is 1. The van der Waals surface area contributed by atoms with E-state index in [0.717, 1.165) is 19.0 Å². The summed E-state index contributed by atoms with van der Waals surface area (Å²) in [5.74, 6) is 0. The predicted molar refractivity (Wildman–Crippen MR) is 76.0 cm³/mol. The molecule has 2 saturated heterocycles. The zero-order valence-electron chi connectivity index (χ0n) is 11.0. The van der Waals surface area contributed by atoms with Crippen molar-refractivity contribution in [2.75, 3.05) is 37.6 Å². The van der Waals surface area contributed by atoms with Crippen LogP contribution >= 0.6 is 0 Å². The molecule has 98 valence electrons. The molecule has 2 aliphatic rings. The molecule has 2 aliphatic heterocycles. The Hall–Kier alpha value is -1.06. The second kappa shape index (κ2) is 5.29. The maximum atomic E-state index is 5.58. The lowest BCUT2D eigenvalue weighted by molar-refractivity contribution is 0.231. The van der Waals surface area contributed by atoms with Gasteiger partial charge in [-0.05, 0) is 50.0 Å². The van der Waals surface area contributed by atoms with Crippen LogP contribution in [0.3, 0.4) is 0 Å². The minimum atomic E-state index is 0.736. The molecular weight excluding hydrogens is 222 g/mol. The summed E-state index contributed by atoms with van der Waals surface area (Å²) >= 11 is 0. The fourth-order valence-corrected chi connectivity index (χ4v) is 3.27. The lowest BCUT2D eigenvalue weighted by Gasteiger charge is -2.38. The minimum absolute atomic E-state index is 0.736. The van der Waals surface area contributed by atoms with Crippen molar-refractivity contribution >= 4 is 5.69 Å². The van der Waals surface area contributed by atoms with E-state index >= 15 is 0 Å². The SMILES string of the molecule is NCCc1ccc(N2CCN3CCCC3C2)cc1. The van der Waals surface area contributed by atoms with Gasteiger partial charge in [-0.2, -0.15) is 0 Å². The third-order valence-electron chi connectivity index (χ3n) is 4.32. The molecule has 3 heteroatoms. The fraction of sp³-hybridized carbons (Fsp3) is 0.600. The topological polar surface area (TPSA) is 32.5 Å².